The van der Waals surface area contributed by atoms with Gasteiger partial charge in [-0.1, -0.05) is 19.8 Å². The van der Waals surface area contributed by atoms with Crippen molar-refractivity contribution in [1.29, 1.82) is 0 Å². The monoisotopic (exact) mass is 255 g/mol. The van der Waals surface area contributed by atoms with Crippen LogP contribution < -0.4 is 0 Å². The van der Waals surface area contributed by atoms with Crippen molar-refractivity contribution in [3.63, 3.8) is 0 Å². The van der Waals surface area contributed by atoms with Crippen LogP contribution in [0.3, 0.4) is 0 Å². The Morgan fingerprint density at radius 3 is 2.61 bits per heavy atom. The molecule has 1 saturated carbocycles. The van der Waals surface area contributed by atoms with Crippen LogP contribution in [0.25, 0.3) is 0 Å². The van der Waals surface area contributed by atoms with Gasteiger partial charge in [-0.05, 0) is 12.8 Å². The van der Waals surface area contributed by atoms with E-state index < -0.39 is 12.1 Å². The lowest BCUT2D eigenvalue weighted by molar-refractivity contribution is -0.165. The molecule has 1 unspecified atom stereocenters. The van der Waals surface area contributed by atoms with Gasteiger partial charge in [0.2, 0.25) is 5.91 Å². The molecule has 0 bridgehead atoms. The number of rotatable bonds is 2. The Hall–Kier alpha value is -1.10. The highest BCUT2D eigenvalue weighted by Crippen LogP contribution is 2.39. The number of carbonyl (C=O) groups is 2. The summed E-state index contributed by atoms with van der Waals surface area (Å²) in [5.74, 6) is -0.235. The van der Waals surface area contributed by atoms with Gasteiger partial charge in [0.15, 0.2) is 6.10 Å². The van der Waals surface area contributed by atoms with Crippen LogP contribution in [0.2, 0.25) is 0 Å². The molecule has 0 aromatic rings. The number of methoxy groups -OCH3 is 1. The Kier molecular flexibility index (Phi) is 3.90. The molecule has 5 nitrogen and oxygen atoms in total. The van der Waals surface area contributed by atoms with Crippen molar-refractivity contribution < 1.29 is 19.1 Å². The third kappa shape index (κ3) is 2.51. The first-order valence-electron chi connectivity index (χ1n) is 6.56. The maximum atomic E-state index is 12.5. The number of carbonyl (C=O) groups excluding carboxylic acids is 2. The first-order chi connectivity index (χ1) is 8.57. The molecule has 0 N–H and O–H groups in total. The number of ether oxygens (including phenoxy) is 2. The molecule has 1 aliphatic heterocycles. The second kappa shape index (κ2) is 5.26. The zero-order chi connectivity index (χ0) is 13.2. The number of amides is 1. The Morgan fingerprint density at radius 2 is 2.00 bits per heavy atom. The molecule has 1 amide bonds. The summed E-state index contributed by atoms with van der Waals surface area (Å²) in [6.07, 6.45) is 3.51. The van der Waals surface area contributed by atoms with Crippen LogP contribution in [0.1, 0.15) is 32.6 Å². The van der Waals surface area contributed by atoms with Gasteiger partial charge in [-0.3, -0.25) is 4.79 Å². The van der Waals surface area contributed by atoms with Gasteiger partial charge >= 0.3 is 5.97 Å². The van der Waals surface area contributed by atoms with E-state index in [0.29, 0.717) is 19.7 Å². The van der Waals surface area contributed by atoms with Crippen LogP contribution in [0.4, 0.5) is 0 Å². The van der Waals surface area contributed by atoms with Crippen LogP contribution in [0, 0.1) is 5.41 Å². The zero-order valence-corrected chi connectivity index (χ0v) is 11.1. The Labute approximate surface area is 107 Å². The molecule has 2 rings (SSSR count). The molecular weight excluding hydrogens is 234 g/mol. The number of esters is 1. The third-order valence-electron chi connectivity index (χ3n) is 4.04. The van der Waals surface area contributed by atoms with Gasteiger partial charge in [0.25, 0.3) is 0 Å². The Balaban J connectivity index is 2.00. The number of hydrogen-bond donors (Lipinski definition) is 0. The highest BCUT2D eigenvalue weighted by molar-refractivity contribution is 5.84. The van der Waals surface area contributed by atoms with Crippen LogP contribution >= 0.6 is 0 Å². The molecule has 1 aliphatic carbocycles. The quantitative estimate of drug-likeness (QED) is 0.690. The van der Waals surface area contributed by atoms with Gasteiger partial charge in [0, 0.05) is 12.0 Å². The van der Waals surface area contributed by atoms with E-state index in [1.54, 1.807) is 4.90 Å². The number of hydrogen-bond acceptors (Lipinski definition) is 4. The van der Waals surface area contributed by atoms with Gasteiger partial charge in [-0.2, -0.15) is 0 Å². The molecule has 1 saturated heterocycles. The van der Waals surface area contributed by atoms with Crippen molar-refractivity contribution >= 4 is 11.9 Å². The molecule has 1 heterocycles. The number of nitrogens with zero attached hydrogens (tertiary/aromatic N) is 1. The van der Waals surface area contributed by atoms with Gasteiger partial charge in [0.05, 0.1) is 20.3 Å². The lowest BCUT2D eigenvalue weighted by Crippen LogP contribution is -2.52. The van der Waals surface area contributed by atoms with E-state index in [4.69, 9.17) is 4.74 Å². The summed E-state index contributed by atoms with van der Waals surface area (Å²) in [5, 5.41) is 0. The molecule has 5 heteroatoms. The van der Waals surface area contributed by atoms with E-state index in [1.165, 1.54) is 7.11 Å². The maximum absolute atomic E-state index is 12.5. The highest BCUT2D eigenvalue weighted by atomic mass is 16.6. The minimum absolute atomic E-state index is 0.164. The molecule has 18 heavy (non-hydrogen) atoms. The molecule has 2 fully saturated rings. The van der Waals surface area contributed by atoms with E-state index in [-0.39, 0.29) is 11.3 Å². The van der Waals surface area contributed by atoms with Crippen LogP contribution in [0.5, 0.6) is 0 Å². The fraction of sp³-hybridized carbons (Fsp3) is 0.846. The maximum Gasteiger partial charge on any atom is 0.336 e. The van der Waals surface area contributed by atoms with Crippen molar-refractivity contribution in [3.05, 3.63) is 0 Å². The third-order valence-corrected chi connectivity index (χ3v) is 4.04. The Bertz CT molecular complexity index is 336. The first-order valence-corrected chi connectivity index (χ1v) is 6.56. The van der Waals surface area contributed by atoms with Gasteiger partial charge in [-0.25, -0.2) is 4.79 Å². The molecule has 1 atom stereocenters. The number of morpholine rings is 1. The average molecular weight is 255 g/mol. The second-order valence-corrected chi connectivity index (χ2v) is 5.40. The largest absolute Gasteiger partial charge is 0.467 e. The standard InChI is InChI=1S/C13H21NO4/c1-13(5-3-4-6-13)12(16)14-7-8-18-10(9-14)11(15)17-2/h10H,3-9H2,1-2H3. The summed E-state index contributed by atoms with van der Waals surface area (Å²) in [5.41, 5.74) is -0.238. The predicted molar refractivity (Wildman–Crippen MR) is 64.9 cm³/mol. The topological polar surface area (TPSA) is 55.8 Å². The SMILES string of the molecule is COC(=O)C1CN(C(=O)C2(C)CCCC2)CCO1. The van der Waals surface area contributed by atoms with Gasteiger partial charge in [0.1, 0.15) is 0 Å². The molecule has 102 valence electrons. The van der Waals surface area contributed by atoms with Crippen molar-refractivity contribution in [3.8, 4) is 0 Å². The summed E-state index contributed by atoms with van der Waals surface area (Å²) in [4.78, 5) is 25.7. The molecule has 0 spiro atoms. The minimum Gasteiger partial charge on any atom is -0.467 e. The molecule has 0 aromatic heterocycles. The lowest BCUT2D eigenvalue weighted by Gasteiger charge is -2.36. The van der Waals surface area contributed by atoms with Crippen LogP contribution in [0.15, 0.2) is 0 Å². The predicted octanol–water partition coefficient (Wildman–Crippen LogP) is 0.967. The summed E-state index contributed by atoms with van der Waals surface area (Å²) in [6, 6.07) is 0. The summed E-state index contributed by atoms with van der Waals surface area (Å²) >= 11 is 0. The van der Waals surface area contributed by atoms with E-state index >= 15 is 0 Å². The molecule has 2 aliphatic rings. The molecular formula is C13H21NO4. The normalized spacial score (nSPS) is 27.0. The van der Waals surface area contributed by atoms with E-state index in [0.717, 1.165) is 25.7 Å². The Morgan fingerprint density at radius 1 is 1.33 bits per heavy atom. The average Bonchev–Trinajstić information content (AvgIpc) is 2.85. The van der Waals surface area contributed by atoms with Crippen LogP contribution in [-0.2, 0) is 19.1 Å². The van der Waals surface area contributed by atoms with Crippen molar-refractivity contribution in [2.24, 2.45) is 5.41 Å². The minimum atomic E-state index is -0.627. The fourth-order valence-corrected chi connectivity index (χ4v) is 2.86. The molecule has 0 aromatic carbocycles. The van der Waals surface area contributed by atoms with Gasteiger partial charge in [-0.15, -0.1) is 0 Å². The van der Waals surface area contributed by atoms with Crippen molar-refractivity contribution in [2.75, 3.05) is 26.8 Å². The van der Waals surface area contributed by atoms with E-state index in [1.807, 2.05) is 6.92 Å². The lowest BCUT2D eigenvalue weighted by atomic mass is 9.87. The van der Waals surface area contributed by atoms with E-state index in [9.17, 15) is 9.59 Å². The van der Waals surface area contributed by atoms with Crippen molar-refractivity contribution in [1.82, 2.24) is 4.90 Å². The van der Waals surface area contributed by atoms with Crippen LogP contribution in [-0.4, -0.2) is 49.7 Å². The smallest absolute Gasteiger partial charge is 0.336 e. The van der Waals surface area contributed by atoms with Gasteiger partial charge < -0.3 is 14.4 Å². The zero-order valence-electron chi connectivity index (χ0n) is 11.1. The summed E-state index contributed by atoms with van der Waals surface area (Å²) in [6.45, 7) is 3.33. The van der Waals surface area contributed by atoms with Crippen molar-refractivity contribution in [2.45, 2.75) is 38.7 Å². The van der Waals surface area contributed by atoms with E-state index in [2.05, 4.69) is 4.74 Å². The fourth-order valence-electron chi connectivity index (χ4n) is 2.86. The summed E-state index contributed by atoms with van der Waals surface area (Å²) < 4.78 is 10.0. The highest BCUT2D eigenvalue weighted by Gasteiger charge is 2.41. The second-order valence-electron chi connectivity index (χ2n) is 5.40. The first kappa shape index (κ1) is 13.3. The summed E-state index contributed by atoms with van der Waals surface area (Å²) in [7, 11) is 1.34. The molecule has 0 radical (unpaired) electrons.